The first-order valence-corrected chi connectivity index (χ1v) is 10.5. The van der Waals surface area contributed by atoms with Crippen molar-refractivity contribution in [2.24, 2.45) is 0 Å². The predicted molar refractivity (Wildman–Crippen MR) is 124 cm³/mol. The number of aromatic nitrogens is 1. The Morgan fingerprint density at radius 1 is 0.733 bits per heavy atom. The van der Waals surface area contributed by atoms with E-state index in [1.54, 1.807) is 0 Å². The summed E-state index contributed by atoms with van der Waals surface area (Å²) in [5.41, 5.74) is 5.05. The molecule has 0 bridgehead atoms. The van der Waals surface area contributed by atoms with E-state index in [0.29, 0.717) is 0 Å². The third kappa shape index (κ3) is 3.08. The van der Waals surface area contributed by atoms with E-state index in [1.807, 2.05) is 6.07 Å². The third-order valence-corrected chi connectivity index (χ3v) is 6.47. The molecule has 1 aliphatic heterocycles. The van der Waals surface area contributed by atoms with Crippen LogP contribution >= 0.6 is 0 Å². The minimum absolute atomic E-state index is 0.356. The first-order chi connectivity index (χ1) is 14.4. The lowest BCUT2D eigenvalue weighted by molar-refractivity contribution is 0.00578. The number of fused-ring (bicyclic) bond motifs is 1. The van der Waals surface area contributed by atoms with Crippen molar-refractivity contribution in [2.45, 2.75) is 38.9 Å². The second kappa shape index (κ2) is 6.87. The number of rotatable bonds is 3. The zero-order valence-electron chi connectivity index (χ0n) is 17.9. The molecule has 4 aromatic rings. The molecule has 0 saturated carbocycles. The molecule has 0 N–H and O–H groups in total. The van der Waals surface area contributed by atoms with Crippen LogP contribution in [-0.2, 0) is 9.31 Å². The van der Waals surface area contributed by atoms with Crippen LogP contribution in [0, 0.1) is 0 Å². The fourth-order valence-electron chi connectivity index (χ4n) is 4.02. The Hall–Kier alpha value is -2.82. The Balaban J connectivity index is 1.68. The lowest BCUT2D eigenvalue weighted by Gasteiger charge is -2.32. The molecule has 1 aromatic heterocycles. The van der Waals surface area contributed by atoms with Gasteiger partial charge in [-0.2, -0.15) is 0 Å². The smallest absolute Gasteiger partial charge is 0.399 e. The van der Waals surface area contributed by atoms with E-state index in [0.717, 1.165) is 11.2 Å². The minimum Gasteiger partial charge on any atom is -0.399 e. The summed E-state index contributed by atoms with van der Waals surface area (Å²) >= 11 is 0. The average molecular weight is 395 g/mol. The van der Waals surface area contributed by atoms with Crippen LogP contribution in [0.15, 0.2) is 85.1 Å². The lowest BCUT2D eigenvalue weighted by atomic mass is 9.78. The van der Waals surface area contributed by atoms with Crippen LogP contribution in [0.4, 0.5) is 0 Å². The molecule has 30 heavy (non-hydrogen) atoms. The number of hydrogen-bond donors (Lipinski definition) is 0. The maximum absolute atomic E-state index is 6.31. The van der Waals surface area contributed by atoms with Gasteiger partial charge in [-0.15, -0.1) is 0 Å². The van der Waals surface area contributed by atoms with Crippen LogP contribution in [0.25, 0.3) is 27.7 Å². The highest BCUT2D eigenvalue weighted by Gasteiger charge is 2.51. The van der Waals surface area contributed by atoms with Crippen molar-refractivity contribution in [1.29, 1.82) is 0 Å². The van der Waals surface area contributed by atoms with Gasteiger partial charge in [-0.3, -0.25) is 0 Å². The van der Waals surface area contributed by atoms with Gasteiger partial charge in [0.1, 0.15) is 0 Å². The summed E-state index contributed by atoms with van der Waals surface area (Å²) in [4.78, 5) is 0. The van der Waals surface area contributed by atoms with Crippen LogP contribution in [0.3, 0.4) is 0 Å². The summed E-state index contributed by atoms with van der Waals surface area (Å²) in [6.07, 6.45) is 2.23. The van der Waals surface area contributed by atoms with E-state index >= 15 is 0 Å². The molecule has 4 heteroatoms. The highest BCUT2D eigenvalue weighted by molar-refractivity contribution is 6.62. The first kappa shape index (κ1) is 19.2. The largest absolute Gasteiger partial charge is 0.494 e. The molecule has 0 unspecified atom stereocenters. The second-order valence-electron chi connectivity index (χ2n) is 8.98. The van der Waals surface area contributed by atoms with Gasteiger partial charge >= 0.3 is 7.12 Å². The predicted octanol–water partition coefficient (Wildman–Crippen LogP) is 5.60. The minimum atomic E-state index is -0.372. The van der Waals surface area contributed by atoms with Crippen LogP contribution < -0.4 is 5.46 Å². The molecule has 150 valence electrons. The van der Waals surface area contributed by atoms with E-state index in [9.17, 15) is 0 Å². The molecule has 2 heterocycles. The highest BCUT2D eigenvalue weighted by atomic mass is 16.7. The number of para-hydroxylation sites is 1. The molecule has 0 amide bonds. The maximum atomic E-state index is 6.31. The average Bonchev–Trinajstić information content (AvgIpc) is 3.23. The summed E-state index contributed by atoms with van der Waals surface area (Å²) in [6.45, 7) is 8.36. The molecule has 5 rings (SSSR count). The number of benzene rings is 3. The topological polar surface area (TPSA) is 23.4 Å². The van der Waals surface area contributed by atoms with E-state index in [-0.39, 0.29) is 18.3 Å². The van der Waals surface area contributed by atoms with Crippen LogP contribution in [0.1, 0.15) is 27.7 Å². The quantitative estimate of drug-likeness (QED) is 0.422. The summed E-state index contributed by atoms with van der Waals surface area (Å²) < 4.78 is 14.9. The number of nitrogens with zero attached hydrogens (tertiary/aromatic N) is 1. The normalized spacial score (nSPS) is 17.5. The summed E-state index contributed by atoms with van der Waals surface area (Å²) in [5.74, 6) is 0. The number of hydrogen-bond acceptors (Lipinski definition) is 2. The maximum Gasteiger partial charge on any atom is 0.494 e. The Bertz CT molecular complexity index is 1180. The lowest BCUT2D eigenvalue weighted by Crippen LogP contribution is -2.41. The van der Waals surface area contributed by atoms with Gasteiger partial charge in [0.05, 0.1) is 16.7 Å². The van der Waals surface area contributed by atoms with Gasteiger partial charge in [-0.1, -0.05) is 60.7 Å². The van der Waals surface area contributed by atoms with Crippen molar-refractivity contribution in [3.05, 3.63) is 85.1 Å². The van der Waals surface area contributed by atoms with Gasteiger partial charge in [0, 0.05) is 22.8 Å². The molecule has 1 aliphatic rings. The van der Waals surface area contributed by atoms with Gasteiger partial charge in [-0.25, -0.2) is 0 Å². The molecule has 1 saturated heterocycles. The Morgan fingerprint density at radius 3 is 1.97 bits per heavy atom. The molecule has 0 atom stereocenters. The second-order valence-corrected chi connectivity index (χ2v) is 8.98. The molecular formula is C26H26BNO2. The van der Waals surface area contributed by atoms with Crippen molar-refractivity contribution in [3.63, 3.8) is 0 Å². The molecular weight excluding hydrogens is 369 g/mol. The van der Waals surface area contributed by atoms with Crippen molar-refractivity contribution in [1.82, 2.24) is 4.57 Å². The fraction of sp³-hybridized carbons (Fsp3) is 0.231. The van der Waals surface area contributed by atoms with E-state index in [1.165, 1.54) is 22.0 Å². The van der Waals surface area contributed by atoms with Gasteiger partial charge in [0.15, 0.2) is 0 Å². The summed E-state index contributed by atoms with van der Waals surface area (Å²) in [5, 5.41) is 1.19. The van der Waals surface area contributed by atoms with E-state index in [2.05, 4.69) is 111 Å². The van der Waals surface area contributed by atoms with Crippen molar-refractivity contribution in [2.75, 3.05) is 0 Å². The van der Waals surface area contributed by atoms with Gasteiger partial charge in [0.2, 0.25) is 0 Å². The van der Waals surface area contributed by atoms with Gasteiger partial charge < -0.3 is 13.9 Å². The van der Waals surface area contributed by atoms with Gasteiger partial charge in [0.25, 0.3) is 0 Å². The molecule has 3 aromatic carbocycles. The molecule has 0 radical (unpaired) electrons. The fourth-order valence-corrected chi connectivity index (χ4v) is 4.02. The Labute approximate surface area is 178 Å². The monoisotopic (exact) mass is 395 g/mol. The SMILES string of the molecule is CC1(C)OB(c2ccc3c(c2)c(-c2ccccc2)cn3-c2ccccc2)OC1(C)C. The summed E-state index contributed by atoms with van der Waals surface area (Å²) in [7, 11) is -0.372. The third-order valence-electron chi connectivity index (χ3n) is 6.47. The first-order valence-electron chi connectivity index (χ1n) is 10.5. The van der Waals surface area contributed by atoms with Crippen LogP contribution in [-0.4, -0.2) is 22.9 Å². The van der Waals surface area contributed by atoms with Crippen LogP contribution in [0.2, 0.25) is 0 Å². The molecule has 1 fully saturated rings. The van der Waals surface area contributed by atoms with Crippen molar-refractivity contribution >= 4 is 23.5 Å². The Kier molecular flexibility index (Phi) is 4.39. The van der Waals surface area contributed by atoms with Gasteiger partial charge in [-0.05, 0) is 56.9 Å². The molecule has 0 aliphatic carbocycles. The summed E-state index contributed by atoms with van der Waals surface area (Å²) in [6, 6.07) is 27.5. The molecule has 3 nitrogen and oxygen atoms in total. The van der Waals surface area contributed by atoms with Crippen molar-refractivity contribution in [3.8, 4) is 16.8 Å². The Morgan fingerprint density at radius 2 is 1.33 bits per heavy atom. The van der Waals surface area contributed by atoms with E-state index < -0.39 is 0 Å². The highest BCUT2D eigenvalue weighted by Crippen LogP contribution is 2.37. The zero-order valence-corrected chi connectivity index (χ0v) is 17.9. The molecule has 0 spiro atoms. The van der Waals surface area contributed by atoms with Crippen molar-refractivity contribution < 1.29 is 9.31 Å². The van der Waals surface area contributed by atoms with E-state index in [4.69, 9.17) is 9.31 Å². The standard InChI is InChI=1S/C26H26BNO2/c1-25(2)26(3,4)30-27(29-25)20-15-16-24-22(17-20)23(19-11-7-5-8-12-19)18-28(24)21-13-9-6-10-14-21/h5-18H,1-4H3. The van der Waals surface area contributed by atoms with Crippen LogP contribution in [0.5, 0.6) is 0 Å². The zero-order chi connectivity index (χ0) is 20.9.